The van der Waals surface area contributed by atoms with Crippen molar-refractivity contribution in [3.8, 4) is 11.5 Å². The summed E-state index contributed by atoms with van der Waals surface area (Å²) < 4.78 is 37.9. The van der Waals surface area contributed by atoms with Crippen molar-refractivity contribution in [2.45, 2.75) is 12.6 Å². The summed E-state index contributed by atoms with van der Waals surface area (Å²) in [5, 5.41) is 3.06. The van der Waals surface area contributed by atoms with Gasteiger partial charge in [-0.15, -0.1) is 0 Å². The van der Waals surface area contributed by atoms with Gasteiger partial charge in [0.05, 0.1) is 0 Å². The van der Waals surface area contributed by atoms with Crippen LogP contribution in [0.4, 0.5) is 8.78 Å². The predicted octanol–water partition coefficient (Wildman–Crippen LogP) is 2.89. The summed E-state index contributed by atoms with van der Waals surface area (Å²) in [7, 11) is 0. The fourth-order valence-corrected chi connectivity index (χ4v) is 2.22. The summed E-state index contributed by atoms with van der Waals surface area (Å²) in [6.45, 7) is 1.16. The Labute approximate surface area is 121 Å². The van der Waals surface area contributed by atoms with Crippen LogP contribution in [0.3, 0.4) is 0 Å². The molecule has 3 rings (SSSR count). The fourth-order valence-electron chi connectivity index (χ4n) is 2.22. The van der Waals surface area contributed by atoms with Crippen LogP contribution in [0.25, 0.3) is 0 Å². The molecule has 5 heteroatoms. The number of halogens is 2. The van der Waals surface area contributed by atoms with Crippen molar-refractivity contribution >= 4 is 0 Å². The van der Waals surface area contributed by atoms with Crippen LogP contribution in [0.1, 0.15) is 5.56 Å². The maximum absolute atomic E-state index is 13.5. The number of benzene rings is 2. The minimum Gasteiger partial charge on any atom is -0.486 e. The zero-order valence-corrected chi connectivity index (χ0v) is 11.3. The highest BCUT2D eigenvalue weighted by atomic mass is 19.2. The van der Waals surface area contributed by atoms with E-state index in [2.05, 4.69) is 5.32 Å². The average molecular weight is 291 g/mol. The molecule has 0 aromatic heterocycles. The van der Waals surface area contributed by atoms with Crippen molar-refractivity contribution in [1.82, 2.24) is 5.32 Å². The topological polar surface area (TPSA) is 30.5 Å². The van der Waals surface area contributed by atoms with E-state index >= 15 is 0 Å². The molecule has 1 heterocycles. The molecule has 0 spiro atoms. The number of hydrogen-bond donors (Lipinski definition) is 1. The molecule has 2 aromatic carbocycles. The molecule has 0 radical (unpaired) electrons. The van der Waals surface area contributed by atoms with Gasteiger partial charge in [-0.2, -0.15) is 0 Å². The molecule has 2 aromatic rings. The van der Waals surface area contributed by atoms with Crippen LogP contribution in [0.5, 0.6) is 11.5 Å². The van der Waals surface area contributed by atoms with Crippen molar-refractivity contribution in [3.63, 3.8) is 0 Å². The lowest BCUT2D eigenvalue weighted by Crippen LogP contribution is -2.38. The molecule has 0 fully saturated rings. The Morgan fingerprint density at radius 2 is 1.86 bits per heavy atom. The Morgan fingerprint density at radius 1 is 1.05 bits per heavy atom. The molecule has 1 unspecified atom stereocenters. The molecule has 21 heavy (non-hydrogen) atoms. The Balaban J connectivity index is 1.54. The largest absolute Gasteiger partial charge is 0.486 e. The molecule has 0 saturated carbocycles. The van der Waals surface area contributed by atoms with Gasteiger partial charge in [0.1, 0.15) is 12.7 Å². The van der Waals surface area contributed by atoms with Gasteiger partial charge < -0.3 is 14.8 Å². The molecule has 1 aliphatic rings. The van der Waals surface area contributed by atoms with Gasteiger partial charge in [-0.25, -0.2) is 8.78 Å². The lowest BCUT2D eigenvalue weighted by atomic mass is 10.2. The molecule has 0 saturated heterocycles. The van der Waals surface area contributed by atoms with Crippen molar-refractivity contribution < 1.29 is 18.3 Å². The molecule has 1 aliphatic heterocycles. The van der Waals surface area contributed by atoms with Gasteiger partial charge in [0.25, 0.3) is 0 Å². The van der Waals surface area contributed by atoms with E-state index in [0.717, 1.165) is 11.8 Å². The van der Waals surface area contributed by atoms with Gasteiger partial charge in [0.15, 0.2) is 23.1 Å². The highest BCUT2D eigenvalue weighted by molar-refractivity contribution is 5.40. The maximum atomic E-state index is 13.5. The van der Waals surface area contributed by atoms with Gasteiger partial charge in [0, 0.05) is 18.7 Å². The molecule has 0 bridgehead atoms. The quantitative estimate of drug-likeness (QED) is 0.939. The number of ether oxygens (including phenoxy) is 2. The van der Waals surface area contributed by atoms with E-state index in [1.165, 1.54) is 6.07 Å². The summed E-state index contributed by atoms with van der Waals surface area (Å²) in [4.78, 5) is 0. The molecule has 0 amide bonds. The predicted molar refractivity (Wildman–Crippen MR) is 74.4 cm³/mol. The molecule has 1 atom stereocenters. The number of hydrogen-bond acceptors (Lipinski definition) is 3. The van der Waals surface area contributed by atoms with Crippen molar-refractivity contribution in [2.24, 2.45) is 0 Å². The van der Waals surface area contributed by atoms with E-state index in [9.17, 15) is 8.78 Å². The molecular weight excluding hydrogens is 276 g/mol. The third-order valence-electron chi connectivity index (χ3n) is 3.29. The Bertz CT molecular complexity index is 633. The Hall–Kier alpha value is -2.14. The zero-order chi connectivity index (χ0) is 14.7. The van der Waals surface area contributed by atoms with Crippen LogP contribution >= 0.6 is 0 Å². The van der Waals surface area contributed by atoms with Gasteiger partial charge in [0.2, 0.25) is 0 Å². The SMILES string of the molecule is Fc1cccc(CNCC2COc3ccccc3O2)c1F. The third kappa shape index (κ3) is 3.13. The zero-order valence-electron chi connectivity index (χ0n) is 11.3. The van der Waals surface area contributed by atoms with Crippen molar-refractivity contribution in [2.75, 3.05) is 13.2 Å². The third-order valence-corrected chi connectivity index (χ3v) is 3.29. The molecular formula is C16H15F2NO2. The molecule has 110 valence electrons. The first-order chi connectivity index (χ1) is 10.2. The van der Waals surface area contributed by atoms with Gasteiger partial charge in [-0.1, -0.05) is 24.3 Å². The van der Waals surface area contributed by atoms with E-state index in [-0.39, 0.29) is 12.6 Å². The van der Waals surface area contributed by atoms with Crippen LogP contribution in [-0.4, -0.2) is 19.3 Å². The maximum Gasteiger partial charge on any atom is 0.163 e. The lowest BCUT2D eigenvalue weighted by Gasteiger charge is -2.26. The van der Waals surface area contributed by atoms with Crippen molar-refractivity contribution in [1.29, 1.82) is 0 Å². The first-order valence-corrected chi connectivity index (χ1v) is 6.76. The van der Waals surface area contributed by atoms with Gasteiger partial charge in [-0.05, 0) is 18.2 Å². The minimum atomic E-state index is -0.833. The summed E-state index contributed by atoms with van der Waals surface area (Å²) in [6, 6.07) is 11.6. The van der Waals surface area contributed by atoms with E-state index in [1.54, 1.807) is 6.07 Å². The Kier molecular flexibility index (Phi) is 4.01. The normalized spacial score (nSPS) is 16.8. The number of para-hydroxylation sites is 2. The van der Waals surface area contributed by atoms with Gasteiger partial charge >= 0.3 is 0 Å². The monoisotopic (exact) mass is 291 g/mol. The van der Waals surface area contributed by atoms with E-state index in [0.29, 0.717) is 24.5 Å². The second-order valence-electron chi connectivity index (χ2n) is 4.84. The smallest absolute Gasteiger partial charge is 0.163 e. The second-order valence-corrected chi connectivity index (χ2v) is 4.84. The van der Waals surface area contributed by atoms with E-state index < -0.39 is 11.6 Å². The standard InChI is InChI=1S/C16H15F2NO2/c17-13-5-3-4-11(16(13)18)8-19-9-12-10-20-14-6-1-2-7-15(14)21-12/h1-7,12,19H,8-10H2. The summed E-state index contributed by atoms with van der Waals surface area (Å²) in [5.74, 6) is -0.214. The summed E-state index contributed by atoms with van der Waals surface area (Å²) >= 11 is 0. The first kappa shape index (κ1) is 13.8. The molecule has 0 aliphatic carbocycles. The summed E-state index contributed by atoms with van der Waals surface area (Å²) in [5.41, 5.74) is 0.298. The highest BCUT2D eigenvalue weighted by Crippen LogP contribution is 2.30. The highest BCUT2D eigenvalue weighted by Gasteiger charge is 2.20. The molecule has 3 nitrogen and oxygen atoms in total. The van der Waals surface area contributed by atoms with E-state index in [4.69, 9.17) is 9.47 Å². The average Bonchev–Trinajstić information content (AvgIpc) is 2.51. The fraction of sp³-hybridized carbons (Fsp3) is 0.250. The number of rotatable bonds is 4. The van der Waals surface area contributed by atoms with Crippen LogP contribution in [0, 0.1) is 11.6 Å². The first-order valence-electron chi connectivity index (χ1n) is 6.76. The minimum absolute atomic E-state index is 0.156. The van der Waals surface area contributed by atoms with Crippen LogP contribution in [0.15, 0.2) is 42.5 Å². The van der Waals surface area contributed by atoms with Crippen LogP contribution < -0.4 is 14.8 Å². The van der Waals surface area contributed by atoms with E-state index in [1.807, 2.05) is 24.3 Å². The number of fused-ring (bicyclic) bond motifs is 1. The van der Waals surface area contributed by atoms with Crippen LogP contribution in [-0.2, 0) is 6.54 Å². The lowest BCUT2D eigenvalue weighted by molar-refractivity contribution is 0.0901. The second kappa shape index (κ2) is 6.10. The number of nitrogens with one attached hydrogen (secondary N) is 1. The van der Waals surface area contributed by atoms with Crippen molar-refractivity contribution in [3.05, 3.63) is 59.7 Å². The molecule has 1 N–H and O–H groups in total. The summed E-state index contributed by atoms with van der Waals surface area (Å²) in [6.07, 6.45) is -0.156. The van der Waals surface area contributed by atoms with Gasteiger partial charge in [-0.3, -0.25) is 0 Å². The van der Waals surface area contributed by atoms with Crippen LogP contribution in [0.2, 0.25) is 0 Å². The Morgan fingerprint density at radius 3 is 2.71 bits per heavy atom.